The third kappa shape index (κ3) is 2.28. The van der Waals surface area contributed by atoms with Crippen LogP contribution in [0.4, 0.5) is 0 Å². The fourth-order valence-corrected chi connectivity index (χ4v) is 3.12. The molecule has 0 saturated carbocycles. The molecule has 0 amide bonds. The summed E-state index contributed by atoms with van der Waals surface area (Å²) in [5, 5.41) is 0. The normalized spacial score (nSPS) is 14.9. The molecule has 1 aliphatic heterocycles. The van der Waals surface area contributed by atoms with Crippen molar-refractivity contribution >= 4 is 15.9 Å². The van der Waals surface area contributed by atoms with Gasteiger partial charge >= 0.3 is 0 Å². The lowest BCUT2D eigenvalue weighted by molar-refractivity contribution is 0.352. The third-order valence-corrected chi connectivity index (χ3v) is 4.14. The van der Waals surface area contributed by atoms with Crippen molar-refractivity contribution in [3.8, 4) is 5.75 Å². The van der Waals surface area contributed by atoms with Gasteiger partial charge in [0.1, 0.15) is 5.75 Å². The molecule has 2 aromatic rings. The van der Waals surface area contributed by atoms with E-state index in [0.717, 1.165) is 34.4 Å². The summed E-state index contributed by atoms with van der Waals surface area (Å²) in [6, 6.07) is 12.3. The molecular weight excluding hydrogens is 302 g/mol. The average molecular weight is 318 g/mol. The number of aryl methyl sites for hydroxylation is 1. The first-order chi connectivity index (χ1) is 9.16. The smallest absolute Gasteiger partial charge is 0.127 e. The molecule has 0 fully saturated rings. The molecule has 0 spiro atoms. The van der Waals surface area contributed by atoms with Gasteiger partial charge in [0, 0.05) is 16.5 Å². The maximum atomic E-state index is 6.44. The molecule has 0 aromatic heterocycles. The number of rotatable bonds is 2. The van der Waals surface area contributed by atoms with Crippen molar-refractivity contribution in [1.29, 1.82) is 0 Å². The van der Waals surface area contributed by atoms with Gasteiger partial charge in [-0.1, -0.05) is 40.2 Å². The summed E-state index contributed by atoms with van der Waals surface area (Å²) in [5.74, 6) is 0.984. The first kappa shape index (κ1) is 12.7. The summed E-state index contributed by atoms with van der Waals surface area (Å²) >= 11 is 3.49. The van der Waals surface area contributed by atoms with Gasteiger partial charge in [-0.05, 0) is 35.7 Å². The van der Waals surface area contributed by atoms with Crippen LogP contribution in [0.15, 0.2) is 40.9 Å². The van der Waals surface area contributed by atoms with Gasteiger partial charge in [0.2, 0.25) is 0 Å². The van der Waals surface area contributed by atoms with Crippen LogP contribution >= 0.6 is 15.9 Å². The number of halogens is 1. The van der Waals surface area contributed by atoms with E-state index in [2.05, 4.69) is 53.2 Å². The number of hydrogen-bond donors (Lipinski definition) is 1. The SMILES string of the molecule is Cc1cc(Br)ccc1C(N)c1cccc2c1OCC2. The van der Waals surface area contributed by atoms with Crippen molar-refractivity contribution in [3.05, 3.63) is 63.1 Å². The van der Waals surface area contributed by atoms with E-state index < -0.39 is 0 Å². The maximum Gasteiger partial charge on any atom is 0.127 e. The predicted molar refractivity (Wildman–Crippen MR) is 80.6 cm³/mol. The molecule has 2 N–H and O–H groups in total. The molecule has 3 rings (SSSR count). The van der Waals surface area contributed by atoms with Gasteiger partial charge in [-0.15, -0.1) is 0 Å². The van der Waals surface area contributed by atoms with Crippen LogP contribution in [0, 0.1) is 6.92 Å². The first-order valence-electron chi connectivity index (χ1n) is 6.43. The fourth-order valence-electron chi connectivity index (χ4n) is 2.64. The molecule has 0 radical (unpaired) electrons. The van der Waals surface area contributed by atoms with Crippen LogP contribution in [0.2, 0.25) is 0 Å². The number of para-hydroxylation sites is 1. The summed E-state index contributed by atoms with van der Waals surface area (Å²) in [6.07, 6.45) is 0.981. The second-order valence-corrected chi connectivity index (χ2v) is 5.83. The van der Waals surface area contributed by atoms with Crippen molar-refractivity contribution in [2.45, 2.75) is 19.4 Å². The van der Waals surface area contributed by atoms with Crippen LogP contribution in [0.25, 0.3) is 0 Å². The Morgan fingerprint density at radius 2 is 2.05 bits per heavy atom. The molecular formula is C16H16BrNO. The quantitative estimate of drug-likeness (QED) is 0.915. The summed E-state index contributed by atoms with van der Waals surface area (Å²) in [6.45, 7) is 2.85. The molecule has 1 heterocycles. The Bertz CT molecular complexity index is 624. The van der Waals surface area contributed by atoms with Crippen molar-refractivity contribution in [1.82, 2.24) is 0 Å². The van der Waals surface area contributed by atoms with E-state index in [1.54, 1.807) is 0 Å². The van der Waals surface area contributed by atoms with E-state index in [9.17, 15) is 0 Å². The minimum absolute atomic E-state index is 0.138. The van der Waals surface area contributed by atoms with Gasteiger partial charge in [0.25, 0.3) is 0 Å². The van der Waals surface area contributed by atoms with Crippen LogP contribution < -0.4 is 10.5 Å². The molecule has 1 aliphatic rings. The first-order valence-corrected chi connectivity index (χ1v) is 7.22. The van der Waals surface area contributed by atoms with Crippen molar-refractivity contribution in [2.24, 2.45) is 5.73 Å². The Hall–Kier alpha value is -1.32. The van der Waals surface area contributed by atoms with E-state index in [1.165, 1.54) is 11.1 Å². The largest absolute Gasteiger partial charge is 0.493 e. The van der Waals surface area contributed by atoms with E-state index in [0.29, 0.717) is 0 Å². The molecule has 98 valence electrons. The Balaban J connectivity index is 2.05. The molecule has 0 bridgehead atoms. The number of hydrogen-bond acceptors (Lipinski definition) is 2. The lowest BCUT2D eigenvalue weighted by Crippen LogP contribution is -2.14. The van der Waals surface area contributed by atoms with Crippen molar-refractivity contribution in [3.63, 3.8) is 0 Å². The molecule has 0 aliphatic carbocycles. The van der Waals surface area contributed by atoms with E-state index in [-0.39, 0.29) is 6.04 Å². The zero-order valence-corrected chi connectivity index (χ0v) is 12.4. The summed E-state index contributed by atoms with van der Waals surface area (Å²) < 4.78 is 6.83. The fraction of sp³-hybridized carbons (Fsp3) is 0.250. The van der Waals surface area contributed by atoms with E-state index in [1.807, 2.05) is 6.07 Å². The Kier molecular flexibility index (Phi) is 3.33. The number of fused-ring (bicyclic) bond motifs is 1. The molecule has 3 heteroatoms. The Labute approximate surface area is 121 Å². The van der Waals surface area contributed by atoms with Crippen LogP contribution in [-0.4, -0.2) is 6.61 Å². The van der Waals surface area contributed by atoms with E-state index >= 15 is 0 Å². The van der Waals surface area contributed by atoms with Gasteiger partial charge in [-0.25, -0.2) is 0 Å². The highest BCUT2D eigenvalue weighted by atomic mass is 79.9. The minimum atomic E-state index is -0.138. The standard InChI is InChI=1S/C16H16BrNO/c1-10-9-12(17)5-6-13(10)15(18)14-4-2-3-11-7-8-19-16(11)14/h2-6,9,15H,7-8,18H2,1H3. The average Bonchev–Trinajstić information content (AvgIpc) is 2.86. The highest BCUT2D eigenvalue weighted by Crippen LogP contribution is 2.36. The second kappa shape index (κ2) is 4.99. The van der Waals surface area contributed by atoms with Gasteiger partial charge in [-0.2, -0.15) is 0 Å². The molecule has 1 unspecified atom stereocenters. The Morgan fingerprint density at radius 1 is 1.21 bits per heavy atom. The maximum absolute atomic E-state index is 6.44. The molecule has 2 nitrogen and oxygen atoms in total. The second-order valence-electron chi connectivity index (χ2n) is 4.91. The van der Waals surface area contributed by atoms with Crippen LogP contribution in [0.3, 0.4) is 0 Å². The van der Waals surface area contributed by atoms with E-state index in [4.69, 9.17) is 10.5 Å². The summed E-state index contributed by atoms with van der Waals surface area (Å²) in [5.41, 5.74) is 11.1. The van der Waals surface area contributed by atoms with Crippen LogP contribution in [0.5, 0.6) is 5.75 Å². The summed E-state index contributed by atoms with van der Waals surface area (Å²) in [7, 11) is 0. The Morgan fingerprint density at radius 3 is 2.84 bits per heavy atom. The predicted octanol–water partition coefficient (Wildman–Crippen LogP) is 3.74. The zero-order chi connectivity index (χ0) is 13.4. The summed E-state index contributed by atoms with van der Waals surface area (Å²) in [4.78, 5) is 0. The van der Waals surface area contributed by atoms with Gasteiger partial charge in [0.15, 0.2) is 0 Å². The van der Waals surface area contributed by atoms with Gasteiger partial charge in [-0.3, -0.25) is 0 Å². The van der Waals surface area contributed by atoms with Gasteiger partial charge < -0.3 is 10.5 Å². The van der Waals surface area contributed by atoms with Gasteiger partial charge in [0.05, 0.1) is 12.6 Å². The van der Waals surface area contributed by atoms with Crippen molar-refractivity contribution < 1.29 is 4.74 Å². The topological polar surface area (TPSA) is 35.2 Å². The van der Waals surface area contributed by atoms with Crippen molar-refractivity contribution in [2.75, 3.05) is 6.61 Å². The minimum Gasteiger partial charge on any atom is -0.493 e. The molecule has 19 heavy (non-hydrogen) atoms. The third-order valence-electron chi connectivity index (χ3n) is 3.65. The van der Waals surface area contributed by atoms with Crippen LogP contribution in [-0.2, 0) is 6.42 Å². The molecule has 1 atom stereocenters. The van der Waals surface area contributed by atoms with Crippen LogP contribution in [0.1, 0.15) is 28.3 Å². The molecule has 2 aromatic carbocycles. The highest BCUT2D eigenvalue weighted by molar-refractivity contribution is 9.10. The zero-order valence-electron chi connectivity index (χ0n) is 10.8. The lowest BCUT2D eigenvalue weighted by atomic mass is 9.94. The molecule has 0 saturated heterocycles. The highest BCUT2D eigenvalue weighted by Gasteiger charge is 2.21. The number of nitrogens with two attached hydrogens (primary N) is 1. The lowest BCUT2D eigenvalue weighted by Gasteiger charge is -2.18. The number of benzene rings is 2. The number of ether oxygens (including phenoxy) is 1. The monoisotopic (exact) mass is 317 g/mol.